The number of nitrogens with zero attached hydrogens (tertiary/aromatic N) is 6. The van der Waals surface area contributed by atoms with Gasteiger partial charge in [-0.3, -0.25) is 9.20 Å². The van der Waals surface area contributed by atoms with E-state index in [0.29, 0.717) is 17.2 Å². The van der Waals surface area contributed by atoms with E-state index < -0.39 is 0 Å². The Morgan fingerprint density at radius 3 is 2.65 bits per heavy atom. The number of fused-ring (bicyclic) bond motifs is 3. The van der Waals surface area contributed by atoms with Crippen LogP contribution in [0.5, 0.6) is 0 Å². The van der Waals surface area contributed by atoms with E-state index in [9.17, 15) is 4.79 Å². The predicted molar refractivity (Wildman–Crippen MR) is 135 cm³/mol. The molecular weight excluding hydrogens is 448 g/mol. The van der Waals surface area contributed by atoms with Gasteiger partial charge in [0.15, 0.2) is 0 Å². The van der Waals surface area contributed by atoms with E-state index >= 15 is 0 Å². The number of amides is 1. The zero-order valence-corrected chi connectivity index (χ0v) is 19.3. The molecule has 0 N–H and O–H groups in total. The fraction of sp³-hybridized carbons (Fsp3) is 0.154. The second-order valence-corrected chi connectivity index (χ2v) is 8.84. The molecule has 3 heterocycles. The Labute approximate surface area is 201 Å². The van der Waals surface area contributed by atoms with Crippen molar-refractivity contribution in [1.82, 2.24) is 19.6 Å². The van der Waals surface area contributed by atoms with E-state index in [2.05, 4.69) is 40.5 Å². The lowest BCUT2D eigenvalue weighted by Gasteiger charge is -2.21. The van der Waals surface area contributed by atoms with Gasteiger partial charge < -0.3 is 9.80 Å². The Morgan fingerprint density at radius 2 is 1.85 bits per heavy atom. The molecule has 1 saturated heterocycles. The molecule has 1 aliphatic heterocycles. The summed E-state index contributed by atoms with van der Waals surface area (Å²) >= 11 is 6.27. The van der Waals surface area contributed by atoms with Gasteiger partial charge in [-0.2, -0.15) is 4.98 Å². The second-order valence-electron chi connectivity index (χ2n) is 8.40. The molecule has 1 amide bonds. The van der Waals surface area contributed by atoms with Gasteiger partial charge in [-0.1, -0.05) is 35.9 Å². The van der Waals surface area contributed by atoms with Crippen molar-refractivity contribution < 1.29 is 4.79 Å². The van der Waals surface area contributed by atoms with Gasteiger partial charge >= 0.3 is 0 Å². The molecule has 8 heteroatoms. The molecule has 3 aromatic carbocycles. The van der Waals surface area contributed by atoms with Crippen molar-refractivity contribution in [2.75, 3.05) is 23.4 Å². The topological polar surface area (TPSA) is 66.6 Å². The molecule has 0 atom stereocenters. The van der Waals surface area contributed by atoms with Crippen LogP contribution in [-0.2, 0) is 4.79 Å². The van der Waals surface area contributed by atoms with Crippen molar-refractivity contribution in [1.29, 1.82) is 0 Å². The van der Waals surface area contributed by atoms with Gasteiger partial charge in [0, 0.05) is 41.8 Å². The van der Waals surface area contributed by atoms with Gasteiger partial charge in [0.05, 0.1) is 5.52 Å². The van der Waals surface area contributed by atoms with Gasteiger partial charge in [-0.25, -0.2) is 0 Å². The number of carbonyl (C=O) groups excluding carboxylic acids is 1. The fourth-order valence-corrected chi connectivity index (χ4v) is 4.72. The van der Waals surface area contributed by atoms with Crippen LogP contribution in [0.25, 0.3) is 27.8 Å². The van der Waals surface area contributed by atoms with Gasteiger partial charge in [0.1, 0.15) is 12.1 Å². The molecule has 0 saturated carbocycles. The zero-order chi connectivity index (χ0) is 23.2. The predicted octanol–water partition coefficient (Wildman–Crippen LogP) is 5.49. The highest BCUT2D eigenvalue weighted by atomic mass is 35.5. The second kappa shape index (κ2) is 8.11. The first-order chi connectivity index (χ1) is 16.6. The highest BCUT2D eigenvalue weighted by Gasteiger charge is 2.21. The first kappa shape index (κ1) is 20.6. The minimum absolute atomic E-state index is 0.196. The third kappa shape index (κ3) is 3.45. The highest BCUT2D eigenvalue weighted by Crippen LogP contribution is 2.34. The number of hydrogen-bond donors (Lipinski definition) is 0. The molecule has 7 nitrogen and oxygen atoms in total. The van der Waals surface area contributed by atoms with Crippen LogP contribution in [0.3, 0.4) is 0 Å². The van der Waals surface area contributed by atoms with Gasteiger partial charge in [-0.05, 0) is 60.0 Å². The molecule has 2 aromatic heterocycles. The molecule has 168 valence electrons. The number of anilines is 3. The largest absolute Gasteiger partial charge is 0.329 e. The van der Waals surface area contributed by atoms with E-state index in [4.69, 9.17) is 16.6 Å². The van der Waals surface area contributed by atoms with Crippen LogP contribution >= 0.6 is 11.6 Å². The Bertz CT molecular complexity index is 1540. The number of rotatable bonds is 4. The average molecular weight is 469 g/mol. The van der Waals surface area contributed by atoms with E-state index in [-0.39, 0.29) is 5.91 Å². The van der Waals surface area contributed by atoms with E-state index in [1.807, 2.05) is 57.6 Å². The summed E-state index contributed by atoms with van der Waals surface area (Å²) in [5.41, 5.74) is 5.01. The van der Waals surface area contributed by atoms with Crippen LogP contribution in [0.1, 0.15) is 12.8 Å². The number of carbonyl (C=O) groups is 1. The smallest absolute Gasteiger partial charge is 0.257 e. The molecule has 1 fully saturated rings. The standard InChI is InChI=1S/C26H21ClN6O/c1-31(25-22-12-9-19(27)15-23(22)33-16-28-30-26(33)29-25)21-5-2-4-18(14-21)17-7-10-20(11-8-17)32-13-3-6-24(32)34/h2,4-5,7-12,14-16H,3,6,13H2,1H3. The minimum atomic E-state index is 0.196. The maximum Gasteiger partial charge on any atom is 0.257 e. The van der Waals surface area contributed by atoms with Crippen LogP contribution in [0.15, 0.2) is 73.1 Å². The molecule has 0 bridgehead atoms. The lowest BCUT2D eigenvalue weighted by Crippen LogP contribution is -2.23. The molecule has 0 radical (unpaired) electrons. The van der Waals surface area contributed by atoms with Crippen molar-refractivity contribution in [3.05, 3.63) is 78.1 Å². The first-order valence-corrected chi connectivity index (χ1v) is 11.5. The van der Waals surface area contributed by atoms with Crippen LogP contribution in [0.4, 0.5) is 17.2 Å². The summed E-state index contributed by atoms with van der Waals surface area (Å²) in [6, 6.07) is 22.2. The summed E-state index contributed by atoms with van der Waals surface area (Å²) in [6.45, 7) is 0.793. The van der Waals surface area contributed by atoms with Crippen LogP contribution in [-0.4, -0.2) is 39.1 Å². The summed E-state index contributed by atoms with van der Waals surface area (Å²) in [7, 11) is 1.99. The highest BCUT2D eigenvalue weighted by molar-refractivity contribution is 6.31. The molecule has 1 aliphatic rings. The van der Waals surface area contributed by atoms with Crippen molar-refractivity contribution in [3.63, 3.8) is 0 Å². The van der Waals surface area contributed by atoms with E-state index in [0.717, 1.165) is 52.2 Å². The average Bonchev–Trinajstić information content (AvgIpc) is 3.52. The van der Waals surface area contributed by atoms with Crippen molar-refractivity contribution >= 4 is 51.4 Å². The lowest BCUT2D eigenvalue weighted by atomic mass is 10.0. The SMILES string of the molecule is CN(c1cccc(-c2ccc(N3CCCC3=O)cc2)c1)c1nc2nncn2c2cc(Cl)ccc12. The Balaban J connectivity index is 1.38. The Morgan fingerprint density at radius 1 is 1.00 bits per heavy atom. The zero-order valence-electron chi connectivity index (χ0n) is 18.5. The van der Waals surface area contributed by atoms with Gasteiger partial charge in [0.2, 0.25) is 5.91 Å². The number of aromatic nitrogens is 4. The van der Waals surface area contributed by atoms with Crippen LogP contribution in [0, 0.1) is 0 Å². The van der Waals surface area contributed by atoms with Crippen molar-refractivity contribution in [2.24, 2.45) is 0 Å². The molecular formula is C26H21ClN6O. The third-order valence-corrected chi connectivity index (χ3v) is 6.57. The summed E-state index contributed by atoms with van der Waals surface area (Å²) in [5.74, 6) is 1.48. The molecule has 0 unspecified atom stereocenters. The molecule has 34 heavy (non-hydrogen) atoms. The molecule has 0 aliphatic carbocycles. The quantitative estimate of drug-likeness (QED) is 0.349. The van der Waals surface area contributed by atoms with E-state index in [1.165, 1.54) is 0 Å². The lowest BCUT2D eigenvalue weighted by molar-refractivity contribution is -0.117. The fourth-order valence-electron chi connectivity index (χ4n) is 4.55. The summed E-state index contributed by atoms with van der Waals surface area (Å²) < 4.78 is 1.83. The number of benzene rings is 3. The molecule has 6 rings (SSSR count). The van der Waals surface area contributed by atoms with Crippen molar-refractivity contribution in [2.45, 2.75) is 12.8 Å². The summed E-state index contributed by atoms with van der Waals surface area (Å²) in [5, 5.41) is 9.75. The minimum Gasteiger partial charge on any atom is -0.329 e. The van der Waals surface area contributed by atoms with E-state index in [1.54, 1.807) is 6.33 Å². The van der Waals surface area contributed by atoms with Gasteiger partial charge in [-0.15, -0.1) is 10.2 Å². The monoisotopic (exact) mass is 468 g/mol. The Hall–Kier alpha value is -3.97. The maximum absolute atomic E-state index is 12.1. The molecule has 0 spiro atoms. The first-order valence-electron chi connectivity index (χ1n) is 11.1. The van der Waals surface area contributed by atoms with Gasteiger partial charge in [0.25, 0.3) is 5.78 Å². The third-order valence-electron chi connectivity index (χ3n) is 6.33. The number of hydrogen-bond acceptors (Lipinski definition) is 5. The van der Waals surface area contributed by atoms with Crippen LogP contribution in [0.2, 0.25) is 5.02 Å². The summed E-state index contributed by atoms with van der Waals surface area (Å²) in [4.78, 5) is 20.7. The number of halogens is 1. The van der Waals surface area contributed by atoms with Crippen molar-refractivity contribution in [3.8, 4) is 11.1 Å². The van der Waals surface area contributed by atoms with Crippen LogP contribution < -0.4 is 9.80 Å². The summed E-state index contributed by atoms with van der Waals surface area (Å²) in [6.07, 6.45) is 3.20. The normalized spacial score (nSPS) is 13.8. The maximum atomic E-state index is 12.1. The Kier molecular flexibility index (Phi) is 4.92. The molecule has 5 aromatic rings.